The van der Waals surface area contributed by atoms with Gasteiger partial charge in [0, 0.05) is 17.5 Å². The lowest BCUT2D eigenvalue weighted by molar-refractivity contribution is 0.0913. The van der Waals surface area contributed by atoms with Crippen LogP contribution in [0.5, 0.6) is 11.5 Å². The summed E-state index contributed by atoms with van der Waals surface area (Å²) in [6, 6.07) is 3.28. The smallest absolute Gasteiger partial charge is 0.167 e. The van der Waals surface area contributed by atoms with Crippen molar-refractivity contribution >= 4 is 17.4 Å². The van der Waals surface area contributed by atoms with Crippen LogP contribution in [0, 0.1) is 5.92 Å². The van der Waals surface area contributed by atoms with E-state index in [1.54, 1.807) is 12.1 Å². The van der Waals surface area contributed by atoms with Gasteiger partial charge in [-0.1, -0.05) is 25.4 Å². The monoisotopic (exact) mass is 270 g/mol. The average molecular weight is 271 g/mol. The average Bonchev–Trinajstić information content (AvgIpc) is 2.39. The quantitative estimate of drug-likeness (QED) is 0.734. The van der Waals surface area contributed by atoms with Crippen LogP contribution >= 0.6 is 11.6 Å². The minimum atomic E-state index is 0.000557. The van der Waals surface area contributed by atoms with Crippen molar-refractivity contribution in [2.24, 2.45) is 5.92 Å². The molecule has 0 amide bonds. The van der Waals surface area contributed by atoms with Crippen molar-refractivity contribution in [3.63, 3.8) is 0 Å². The highest BCUT2D eigenvalue weighted by Gasteiger charge is 2.21. The molecule has 0 aliphatic rings. The van der Waals surface area contributed by atoms with Gasteiger partial charge in [-0.2, -0.15) is 0 Å². The molecule has 1 aromatic rings. The highest BCUT2D eigenvalue weighted by Crippen LogP contribution is 2.34. The predicted molar refractivity (Wildman–Crippen MR) is 73.0 cm³/mol. The summed E-state index contributed by atoms with van der Waals surface area (Å²) in [4.78, 5) is 12.3. The summed E-state index contributed by atoms with van der Waals surface area (Å²) in [6.07, 6.45) is 1.61. The lowest BCUT2D eigenvalue weighted by atomic mass is 9.93. The van der Waals surface area contributed by atoms with Gasteiger partial charge >= 0.3 is 0 Å². The number of benzene rings is 1. The molecule has 3 nitrogen and oxygen atoms in total. The molecule has 0 aromatic heterocycles. The van der Waals surface area contributed by atoms with Crippen molar-refractivity contribution in [2.75, 3.05) is 14.2 Å². The van der Waals surface area contributed by atoms with Crippen LogP contribution in [0.15, 0.2) is 12.1 Å². The Morgan fingerprint density at radius 1 is 1.17 bits per heavy atom. The molecule has 0 saturated carbocycles. The molecule has 1 aromatic carbocycles. The molecule has 0 radical (unpaired) electrons. The maximum absolute atomic E-state index is 12.3. The molecule has 0 bridgehead atoms. The molecular weight excluding hydrogens is 252 g/mol. The molecule has 0 heterocycles. The van der Waals surface area contributed by atoms with Crippen LogP contribution in [0.2, 0.25) is 5.02 Å². The third-order valence-electron chi connectivity index (χ3n) is 3.10. The van der Waals surface area contributed by atoms with E-state index in [-0.39, 0.29) is 11.7 Å². The molecule has 0 unspecified atom stereocenters. The minimum absolute atomic E-state index is 0.000557. The van der Waals surface area contributed by atoms with Gasteiger partial charge in [-0.05, 0) is 18.9 Å². The van der Waals surface area contributed by atoms with Gasteiger partial charge in [0.15, 0.2) is 17.3 Å². The summed E-state index contributed by atoms with van der Waals surface area (Å²) in [7, 11) is 3.08. The van der Waals surface area contributed by atoms with Crippen molar-refractivity contribution in [3.05, 3.63) is 22.7 Å². The second-order valence-corrected chi connectivity index (χ2v) is 4.47. The third-order valence-corrected chi connectivity index (χ3v) is 3.41. The Labute approximate surface area is 113 Å². The van der Waals surface area contributed by atoms with Crippen molar-refractivity contribution in [3.8, 4) is 11.5 Å². The molecule has 0 fully saturated rings. The zero-order valence-electron chi connectivity index (χ0n) is 11.2. The number of ether oxygens (including phenoxy) is 2. The first kappa shape index (κ1) is 14.8. The van der Waals surface area contributed by atoms with Crippen LogP contribution in [-0.2, 0) is 0 Å². The first-order valence-corrected chi connectivity index (χ1v) is 6.42. The molecule has 0 aliphatic carbocycles. The summed E-state index contributed by atoms with van der Waals surface area (Å²) >= 11 is 6.13. The highest BCUT2D eigenvalue weighted by atomic mass is 35.5. The molecule has 0 aliphatic heterocycles. The maximum atomic E-state index is 12.3. The van der Waals surface area contributed by atoms with Crippen molar-refractivity contribution in [1.82, 2.24) is 0 Å². The molecule has 1 rings (SSSR count). The Morgan fingerprint density at radius 3 is 2.11 bits per heavy atom. The van der Waals surface area contributed by atoms with Crippen molar-refractivity contribution < 1.29 is 14.3 Å². The lowest BCUT2D eigenvalue weighted by Gasteiger charge is -2.15. The standard InChI is InChI=1S/C14H19ClO3/c1-5-9(6-2)14(16)10-7-12(17-3)13(18-4)8-11(10)15/h7-9H,5-6H2,1-4H3. The van der Waals surface area contributed by atoms with Crippen LogP contribution < -0.4 is 9.47 Å². The Balaban J connectivity index is 3.20. The fraction of sp³-hybridized carbons (Fsp3) is 0.500. The van der Waals surface area contributed by atoms with Crippen LogP contribution in [-0.4, -0.2) is 20.0 Å². The molecule has 0 N–H and O–H groups in total. The zero-order valence-corrected chi connectivity index (χ0v) is 12.0. The zero-order chi connectivity index (χ0) is 13.7. The normalized spacial score (nSPS) is 10.6. The first-order chi connectivity index (χ1) is 8.58. The van der Waals surface area contributed by atoms with E-state index in [1.807, 2.05) is 13.8 Å². The fourth-order valence-corrected chi connectivity index (χ4v) is 2.17. The summed E-state index contributed by atoms with van der Waals surface area (Å²) in [5.74, 6) is 1.12. The maximum Gasteiger partial charge on any atom is 0.167 e. The Hall–Kier alpha value is -1.22. The summed E-state index contributed by atoms with van der Waals surface area (Å²) < 4.78 is 10.3. The number of ketones is 1. The second kappa shape index (κ2) is 6.64. The fourth-order valence-electron chi connectivity index (χ4n) is 1.92. The van der Waals surface area contributed by atoms with Crippen LogP contribution in [0.25, 0.3) is 0 Å². The molecule has 0 saturated heterocycles. The van der Waals surface area contributed by atoms with Crippen LogP contribution in [0.4, 0.5) is 0 Å². The number of carbonyl (C=O) groups excluding carboxylic acids is 1. The van der Waals surface area contributed by atoms with E-state index in [4.69, 9.17) is 21.1 Å². The van der Waals surface area contributed by atoms with E-state index < -0.39 is 0 Å². The largest absolute Gasteiger partial charge is 0.493 e. The number of carbonyl (C=O) groups is 1. The van der Waals surface area contributed by atoms with Gasteiger partial charge < -0.3 is 9.47 Å². The summed E-state index contributed by atoms with van der Waals surface area (Å²) in [6.45, 7) is 4.00. The number of rotatable bonds is 6. The van der Waals surface area contributed by atoms with Gasteiger partial charge in [0.2, 0.25) is 0 Å². The van der Waals surface area contributed by atoms with Gasteiger partial charge in [-0.15, -0.1) is 0 Å². The summed E-state index contributed by atoms with van der Waals surface area (Å²) in [5.41, 5.74) is 0.503. The molecule has 100 valence electrons. The Bertz CT molecular complexity index is 425. The van der Waals surface area contributed by atoms with Gasteiger partial charge in [0.25, 0.3) is 0 Å². The van der Waals surface area contributed by atoms with Gasteiger partial charge in [-0.25, -0.2) is 0 Å². The Morgan fingerprint density at radius 2 is 1.67 bits per heavy atom. The van der Waals surface area contributed by atoms with E-state index in [2.05, 4.69) is 0 Å². The van der Waals surface area contributed by atoms with Crippen LogP contribution in [0.3, 0.4) is 0 Å². The minimum Gasteiger partial charge on any atom is -0.493 e. The highest BCUT2D eigenvalue weighted by molar-refractivity contribution is 6.34. The lowest BCUT2D eigenvalue weighted by Crippen LogP contribution is -2.13. The Kier molecular flexibility index (Phi) is 5.48. The van der Waals surface area contributed by atoms with Crippen molar-refractivity contribution in [2.45, 2.75) is 26.7 Å². The van der Waals surface area contributed by atoms with E-state index in [9.17, 15) is 4.79 Å². The van der Waals surface area contributed by atoms with E-state index in [0.29, 0.717) is 22.1 Å². The van der Waals surface area contributed by atoms with Crippen LogP contribution in [0.1, 0.15) is 37.0 Å². The number of Topliss-reactive ketones (excluding diaryl/α,β-unsaturated/α-hetero) is 1. The van der Waals surface area contributed by atoms with Gasteiger partial charge in [0.1, 0.15) is 0 Å². The first-order valence-electron chi connectivity index (χ1n) is 6.04. The number of hydrogen-bond donors (Lipinski definition) is 0. The third kappa shape index (κ3) is 2.96. The molecule has 18 heavy (non-hydrogen) atoms. The molecule has 0 atom stereocenters. The predicted octanol–water partition coefficient (Wildman–Crippen LogP) is 3.98. The van der Waals surface area contributed by atoms with Gasteiger partial charge in [-0.3, -0.25) is 4.79 Å². The number of halogens is 1. The van der Waals surface area contributed by atoms with E-state index in [1.165, 1.54) is 14.2 Å². The van der Waals surface area contributed by atoms with E-state index >= 15 is 0 Å². The molecule has 0 spiro atoms. The second-order valence-electron chi connectivity index (χ2n) is 4.06. The number of hydrogen-bond acceptors (Lipinski definition) is 3. The van der Waals surface area contributed by atoms with E-state index in [0.717, 1.165) is 12.8 Å². The summed E-state index contributed by atoms with van der Waals surface area (Å²) in [5, 5.41) is 0.407. The van der Waals surface area contributed by atoms with Gasteiger partial charge in [0.05, 0.1) is 19.2 Å². The topological polar surface area (TPSA) is 35.5 Å². The van der Waals surface area contributed by atoms with Crippen molar-refractivity contribution in [1.29, 1.82) is 0 Å². The molecule has 4 heteroatoms. The number of methoxy groups -OCH3 is 2. The SMILES string of the molecule is CCC(CC)C(=O)c1cc(OC)c(OC)cc1Cl. The molecular formula is C14H19ClO3.